The summed E-state index contributed by atoms with van der Waals surface area (Å²) in [6, 6.07) is 11.0. The Morgan fingerprint density at radius 1 is 0.950 bits per heavy atom. The van der Waals surface area contributed by atoms with E-state index in [1.54, 1.807) is 32.4 Å². The molecule has 2 rings (SSSR count). The number of rotatable bonds is 4. The summed E-state index contributed by atoms with van der Waals surface area (Å²) < 4.78 is 12.3. The maximum absolute atomic E-state index is 10.6. The van der Waals surface area contributed by atoms with Gasteiger partial charge in [0.1, 0.15) is 17.6 Å². The van der Waals surface area contributed by atoms with Crippen molar-refractivity contribution >= 4 is 31.9 Å². The van der Waals surface area contributed by atoms with Crippen LogP contribution in [0.5, 0.6) is 11.5 Å². The number of ether oxygens (including phenoxy) is 2. The van der Waals surface area contributed by atoms with Gasteiger partial charge >= 0.3 is 0 Å². The zero-order valence-electron chi connectivity index (χ0n) is 11.1. The molecule has 2 aromatic carbocycles. The predicted octanol–water partition coefficient (Wildman–Crippen LogP) is 4.31. The van der Waals surface area contributed by atoms with Crippen LogP contribution in [0.25, 0.3) is 0 Å². The highest BCUT2D eigenvalue weighted by Gasteiger charge is 2.19. The van der Waals surface area contributed by atoms with E-state index >= 15 is 0 Å². The number of hydrogen-bond donors (Lipinski definition) is 1. The van der Waals surface area contributed by atoms with E-state index in [0.717, 1.165) is 14.5 Å². The molecule has 2 aromatic rings. The summed E-state index contributed by atoms with van der Waals surface area (Å²) in [6.45, 7) is 0. The molecule has 0 aliphatic heterocycles. The fourth-order valence-corrected chi connectivity index (χ4v) is 2.79. The predicted molar refractivity (Wildman–Crippen MR) is 85.4 cm³/mol. The second-order valence-electron chi connectivity index (χ2n) is 4.18. The number of benzene rings is 2. The van der Waals surface area contributed by atoms with Crippen molar-refractivity contribution in [2.24, 2.45) is 0 Å². The lowest BCUT2D eigenvalue weighted by molar-refractivity contribution is 0.213. The SMILES string of the molecule is COc1ccc(OC)c(C(O)c2cc(Br)ccc2Br)c1. The minimum Gasteiger partial charge on any atom is -0.497 e. The average Bonchev–Trinajstić information content (AvgIpc) is 2.48. The third-order valence-corrected chi connectivity index (χ3v) is 4.20. The van der Waals surface area contributed by atoms with E-state index in [0.29, 0.717) is 17.1 Å². The van der Waals surface area contributed by atoms with Gasteiger partial charge in [-0.2, -0.15) is 0 Å². The molecule has 1 atom stereocenters. The van der Waals surface area contributed by atoms with Crippen LogP contribution in [0.2, 0.25) is 0 Å². The Morgan fingerprint density at radius 2 is 1.70 bits per heavy atom. The Hall–Kier alpha value is -1.04. The minimum atomic E-state index is -0.813. The quantitative estimate of drug-likeness (QED) is 0.829. The molecule has 1 N–H and O–H groups in total. The highest BCUT2D eigenvalue weighted by Crippen LogP contribution is 2.36. The van der Waals surface area contributed by atoms with E-state index in [1.807, 2.05) is 18.2 Å². The Morgan fingerprint density at radius 3 is 2.35 bits per heavy atom. The standard InChI is InChI=1S/C15H14Br2O3/c1-19-10-4-6-14(20-2)12(8-10)15(18)11-7-9(16)3-5-13(11)17/h3-8,15,18H,1-2H3. The van der Waals surface area contributed by atoms with Crippen molar-refractivity contribution in [1.82, 2.24) is 0 Å². The molecular formula is C15H14Br2O3. The van der Waals surface area contributed by atoms with Crippen LogP contribution in [0.1, 0.15) is 17.2 Å². The van der Waals surface area contributed by atoms with Gasteiger partial charge in [0.15, 0.2) is 0 Å². The number of hydrogen-bond acceptors (Lipinski definition) is 3. The van der Waals surface area contributed by atoms with Gasteiger partial charge in [-0.25, -0.2) is 0 Å². The molecule has 0 saturated carbocycles. The average molecular weight is 402 g/mol. The van der Waals surface area contributed by atoms with Crippen LogP contribution in [0.3, 0.4) is 0 Å². The molecule has 0 aliphatic rings. The first-order chi connectivity index (χ1) is 9.56. The molecule has 5 heteroatoms. The first-order valence-corrected chi connectivity index (χ1v) is 7.50. The molecule has 0 bridgehead atoms. The monoisotopic (exact) mass is 400 g/mol. The van der Waals surface area contributed by atoms with E-state index in [-0.39, 0.29) is 0 Å². The zero-order valence-corrected chi connectivity index (χ0v) is 14.2. The summed E-state index contributed by atoms with van der Waals surface area (Å²) in [7, 11) is 3.17. The number of aliphatic hydroxyl groups excluding tert-OH is 1. The number of aliphatic hydroxyl groups is 1. The van der Waals surface area contributed by atoms with Gasteiger partial charge in [0, 0.05) is 20.1 Å². The van der Waals surface area contributed by atoms with Crippen molar-refractivity contribution < 1.29 is 14.6 Å². The highest BCUT2D eigenvalue weighted by molar-refractivity contribution is 9.11. The Labute approximate surface area is 134 Å². The van der Waals surface area contributed by atoms with E-state index in [1.165, 1.54) is 0 Å². The molecule has 0 aromatic heterocycles. The molecule has 20 heavy (non-hydrogen) atoms. The summed E-state index contributed by atoms with van der Waals surface area (Å²) in [6.07, 6.45) is -0.813. The molecule has 0 spiro atoms. The van der Waals surface area contributed by atoms with Crippen LogP contribution in [0.15, 0.2) is 45.3 Å². The van der Waals surface area contributed by atoms with Crippen LogP contribution in [-0.2, 0) is 0 Å². The van der Waals surface area contributed by atoms with Gasteiger partial charge in [-0.05, 0) is 36.4 Å². The molecule has 0 heterocycles. The second kappa shape index (κ2) is 6.61. The molecule has 0 aliphatic carbocycles. The molecule has 0 fully saturated rings. The van der Waals surface area contributed by atoms with Crippen molar-refractivity contribution in [2.45, 2.75) is 6.10 Å². The molecule has 0 amide bonds. The van der Waals surface area contributed by atoms with E-state index < -0.39 is 6.10 Å². The Balaban J connectivity index is 2.51. The molecule has 1 unspecified atom stereocenters. The van der Waals surface area contributed by atoms with E-state index in [2.05, 4.69) is 31.9 Å². The first kappa shape index (κ1) is 15.4. The normalized spacial score (nSPS) is 12.1. The van der Waals surface area contributed by atoms with Gasteiger partial charge in [0.25, 0.3) is 0 Å². The van der Waals surface area contributed by atoms with Crippen LogP contribution in [-0.4, -0.2) is 19.3 Å². The lowest BCUT2D eigenvalue weighted by Gasteiger charge is -2.17. The van der Waals surface area contributed by atoms with Crippen molar-refractivity contribution in [3.63, 3.8) is 0 Å². The van der Waals surface area contributed by atoms with Gasteiger partial charge in [0.05, 0.1) is 14.2 Å². The minimum absolute atomic E-state index is 0.616. The summed E-state index contributed by atoms with van der Waals surface area (Å²) in [4.78, 5) is 0. The van der Waals surface area contributed by atoms with Crippen molar-refractivity contribution in [3.8, 4) is 11.5 Å². The van der Waals surface area contributed by atoms with Crippen LogP contribution in [0, 0.1) is 0 Å². The number of halogens is 2. The third-order valence-electron chi connectivity index (χ3n) is 2.98. The molecule has 3 nitrogen and oxygen atoms in total. The smallest absolute Gasteiger partial charge is 0.125 e. The van der Waals surface area contributed by atoms with Gasteiger partial charge in [-0.3, -0.25) is 0 Å². The van der Waals surface area contributed by atoms with Crippen LogP contribution >= 0.6 is 31.9 Å². The summed E-state index contributed by atoms with van der Waals surface area (Å²) in [5.41, 5.74) is 1.41. The Bertz CT molecular complexity index is 614. The lowest BCUT2D eigenvalue weighted by atomic mass is 10.0. The Kier molecular flexibility index (Phi) is 5.07. The summed E-state index contributed by atoms with van der Waals surface area (Å²) in [5, 5.41) is 10.6. The van der Waals surface area contributed by atoms with Gasteiger partial charge in [-0.1, -0.05) is 31.9 Å². The van der Waals surface area contributed by atoms with E-state index in [9.17, 15) is 5.11 Å². The maximum Gasteiger partial charge on any atom is 0.125 e. The van der Waals surface area contributed by atoms with Crippen molar-refractivity contribution in [1.29, 1.82) is 0 Å². The first-order valence-electron chi connectivity index (χ1n) is 5.91. The summed E-state index contributed by atoms with van der Waals surface area (Å²) >= 11 is 6.87. The van der Waals surface area contributed by atoms with Crippen molar-refractivity contribution in [3.05, 3.63) is 56.5 Å². The second-order valence-corrected chi connectivity index (χ2v) is 5.95. The van der Waals surface area contributed by atoms with Crippen LogP contribution in [0.4, 0.5) is 0 Å². The number of methoxy groups -OCH3 is 2. The van der Waals surface area contributed by atoms with Crippen LogP contribution < -0.4 is 9.47 Å². The van der Waals surface area contributed by atoms with Crippen molar-refractivity contribution in [2.75, 3.05) is 14.2 Å². The van der Waals surface area contributed by atoms with E-state index in [4.69, 9.17) is 9.47 Å². The highest BCUT2D eigenvalue weighted by atomic mass is 79.9. The lowest BCUT2D eigenvalue weighted by Crippen LogP contribution is -2.04. The molecule has 106 valence electrons. The fourth-order valence-electron chi connectivity index (χ4n) is 1.94. The van der Waals surface area contributed by atoms with Gasteiger partial charge in [0.2, 0.25) is 0 Å². The molecule has 0 saturated heterocycles. The zero-order chi connectivity index (χ0) is 14.7. The van der Waals surface area contributed by atoms with Gasteiger partial charge < -0.3 is 14.6 Å². The topological polar surface area (TPSA) is 38.7 Å². The maximum atomic E-state index is 10.6. The van der Waals surface area contributed by atoms with Gasteiger partial charge in [-0.15, -0.1) is 0 Å². The fraction of sp³-hybridized carbons (Fsp3) is 0.200. The molecular weight excluding hydrogens is 388 g/mol. The summed E-state index contributed by atoms with van der Waals surface area (Å²) in [5.74, 6) is 1.29. The third kappa shape index (κ3) is 3.16. The largest absolute Gasteiger partial charge is 0.497 e. The molecule has 0 radical (unpaired) electrons.